The van der Waals surface area contributed by atoms with Gasteiger partial charge in [0.2, 0.25) is 5.91 Å². The summed E-state index contributed by atoms with van der Waals surface area (Å²) in [6.45, 7) is 4.36. The molecule has 4 rings (SSSR count). The second kappa shape index (κ2) is 7.57. The van der Waals surface area contributed by atoms with Crippen molar-refractivity contribution in [3.05, 3.63) is 46.7 Å². The van der Waals surface area contributed by atoms with Crippen LogP contribution in [0.25, 0.3) is 11.1 Å². The van der Waals surface area contributed by atoms with E-state index in [1.807, 2.05) is 38.1 Å². The molecule has 0 spiro atoms. The number of rotatable bonds is 4. The Hall–Kier alpha value is -3.36. The molecule has 1 amide bonds. The van der Waals surface area contributed by atoms with Crippen molar-refractivity contribution in [3.8, 4) is 0 Å². The first-order valence-electron chi connectivity index (χ1n) is 9.56. The summed E-state index contributed by atoms with van der Waals surface area (Å²) >= 11 is 0. The molecule has 1 aromatic carbocycles. The number of amides is 1. The summed E-state index contributed by atoms with van der Waals surface area (Å²) in [4.78, 5) is 39.7. The van der Waals surface area contributed by atoms with Crippen molar-refractivity contribution in [1.29, 1.82) is 0 Å². The lowest BCUT2D eigenvalue weighted by Gasteiger charge is -2.35. The van der Waals surface area contributed by atoms with Crippen molar-refractivity contribution in [1.82, 2.24) is 19.4 Å². The third kappa shape index (κ3) is 3.80. The molecule has 2 aromatic heterocycles. The Morgan fingerprint density at radius 1 is 1.14 bits per heavy atom. The van der Waals surface area contributed by atoms with E-state index in [4.69, 9.17) is 4.42 Å². The predicted molar refractivity (Wildman–Crippen MR) is 110 cm³/mol. The number of carbonyl (C=O) groups is 1. The summed E-state index contributed by atoms with van der Waals surface area (Å²) in [5.74, 6) is 1.84. The Balaban J connectivity index is 1.44. The molecule has 1 aliphatic rings. The number of oxazole rings is 1. The molecule has 29 heavy (non-hydrogen) atoms. The summed E-state index contributed by atoms with van der Waals surface area (Å²) in [6.07, 6.45) is 0. The highest BCUT2D eigenvalue weighted by molar-refractivity contribution is 5.79. The molecule has 9 heteroatoms. The van der Waals surface area contributed by atoms with Crippen molar-refractivity contribution in [3.63, 3.8) is 0 Å². The minimum atomic E-state index is -0.508. The number of hydrogen-bond acceptors (Lipinski definition) is 7. The van der Waals surface area contributed by atoms with E-state index in [2.05, 4.69) is 14.9 Å². The summed E-state index contributed by atoms with van der Waals surface area (Å²) in [5.41, 5.74) is 1.13. The monoisotopic (exact) mass is 396 g/mol. The molecule has 0 radical (unpaired) electrons. The average molecular weight is 396 g/mol. The second-order valence-electron chi connectivity index (χ2n) is 7.32. The first-order valence-corrected chi connectivity index (χ1v) is 9.56. The molecule has 1 aliphatic heterocycles. The van der Waals surface area contributed by atoms with Crippen molar-refractivity contribution in [2.75, 3.05) is 50.1 Å². The highest BCUT2D eigenvalue weighted by Crippen LogP contribution is 2.19. The van der Waals surface area contributed by atoms with Crippen LogP contribution >= 0.6 is 0 Å². The zero-order chi connectivity index (χ0) is 20.5. The maximum absolute atomic E-state index is 12.8. The summed E-state index contributed by atoms with van der Waals surface area (Å²) < 4.78 is 6.60. The Labute approximate surface area is 168 Å². The van der Waals surface area contributed by atoms with Gasteiger partial charge in [-0.25, -0.2) is 14.8 Å². The van der Waals surface area contributed by atoms with Gasteiger partial charge in [-0.1, -0.05) is 12.1 Å². The molecule has 0 saturated carbocycles. The number of para-hydroxylation sites is 2. The molecule has 0 N–H and O–H groups in total. The number of nitrogens with zero attached hydrogens (tertiary/aromatic N) is 6. The molecular weight excluding hydrogens is 372 g/mol. The van der Waals surface area contributed by atoms with Gasteiger partial charge < -0.3 is 19.1 Å². The van der Waals surface area contributed by atoms with Crippen molar-refractivity contribution in [2.45, 2.75) is 13.5 Å². The fourth-order valence-electron chi connectivity index (χ4n) is 3.51. The lowest BCUT2D eigenvalue weighted by molar-refractivity contribution is -0.132. The zero-order valence-corrected chi connectivity index (χ0v) is 16.8. The van der Waals surface area contributed by atoms with E-state index in [1.54, 1.807) is 23.1 Å². The van der Waals surface area contributed by atoms with E-state index in [0.29, 0.717) is 37.3 Å². The molecule has 3 heterocycles. The highest BCUT2D eigenvalue weighted by Gasteiger charge is 2.24. The fourth-order valence-corrected chi connectivity index (χ4v) is 3.51. The molecule has 0 atom stereocenters. The Bertz CT molecular complexity index is 1100. The van der Waals surface area contributed by atoms with Crippen LogP contribution in [0.1, 0.15) is 5.82 Å². The maximum Gasteiger partial charge on any atom is 0.420 e. The van der Waals surface area contributed by atoms with Crippen LogP contribution in [-0.2, 0) is 11.3 Å². The van der Waals surface area contributed by atoms with Crippen LogP contribution in [0.2, 0.25) is 0 Å². The van der Waals surface area contributed by atoms with Crippen molar-refractivity contribution in [2.24, 2.45) is 0 Å². The summed E-state index contributed by atoms with van der Waals surface area (Å²) in [6, 6.07) is 9.09. The van der Waals surface area contributed by atoms with Gasteiger partial charge in [0, 0.05) is 46.3 Å². The molecule has 3 aromatic rings. The van der Waals surface area contributed by atoms with E-state index < -0.39 is 5.76 Å². The number of aromatic nitrogens is 3. The standard InChI is InChI=1S/C20H24N6O3/c1-14-21-17(23(2)3)12-18(22-14)24-8-10-25(11-9-24)19(27)13-26-15-6-4-5-7-16(15)29-20(26)28/h4-7,12H,8-11,13H2,1-3H3. The van der Waals surface area contributed by atoms with Crippen LogP contribution < -0.4 is 15.6 Å². The maximum atomic E-state index is 12.8. The lowest BCUT2D eigenvalue weighted by atomic mass is 10.3. The highest BCUT2D eigenvalue weighted by atomic mass is 16.4. The van der Waals surface area contributed by atoms with Gasteiger partial charge in [-0.2, -0.15) is 0 Å². The van der Waals surface area contributed by atoms with Crippen LogP contribution in [0.15, 0.2) is 39.5 Å². The fraction of sp³-hybridized carbons (Fsp3) is 0.400. The van der Waals surface area contributed by atoms with Crippen LogP contribution in [0.3, 0.4) is 0 Å². The molecule has 1 fully saturated rings. The normalized spacial score (nSPS) is 14.4. The first-order chi connectivity index (χ1) is 13.9. The van der Waals surface area contributed by atoms with Gasteiger partial charge in [-0.3, -0.25) is 9.36 Å². The molecular formula is C20H24N6O3. The van der Waals surface area contributed by atoms with E-state index in [1.165, 1.54) is 4.57 Å². The molecule has 0 aliphatic carbocycles. The Kier molecular flexibility index (Phi) is 4.96. The first kappa shape index (κ1) is 19.0. The predicted octanol–water partition coefficient (Wildman–Crippen LogP) is 1.11. The zero-order valence-electron chi connectivity index (χ0n) is 16.8. The minimum Gasteiger partial charge on any atom is -0.408 e. The average Bonchev–Trinajstić information content (AvgIpc) is 3.03. The molecule has 152 valence electrons. The number of aryl methyl sites for hydroxylation is 1. The number of anilines is 2. The molecule has 0 bridgehead atoms. The largest absolute Gasteiger partial charge is 0.420 e. The van der Waals surface area contributed by atoms with E-state index in [-0.39, 0.29) is 12.5 Å². The van der Waals surface area contributed by atoms with Gasteiger partial charge in [0.05, 0.1) is 5.52 Å². The summed E-state index contributed by atoms with van der Waals surface area (Å²) in [7, 11) is 3.90. The van der Waals surface area contributed by atoms with Gasteiger partial charge in [-0.15, -0.1) is 0 Å². The third-order valence-electron chi connectivity index (χ3n) is 5.09. The van der Waals surface area contributed by atoms with Gasteiger partial charge in [0.15, 0.2) is 5.58 Å². The van der Waals surface area contributed by atoms with E-state index >= 15 is 0 Å². The molecule has 0 unspecified atom stereocenters. The minimum absolute atomic E-state index is 0.0206. The molecule has 1 saturated heterocycles. The van der Waals surface area contributed by atoms with Crippen molar-refractivity contribution >= 4 is 28.6 Å². The van der Waals surface area contributed by atoms with E-state index in [9.17, 15) is 9.59 Å². The lowest BCUT2D eigenvalue weighted by Crippen LogP contribution is -2.50. The Morgan fingerprint density at radius 2 is 1.86 bits per heavy atom. The van der Waals surface area contributed by atoms with Crippen LogP contribution in [0, 0.1) is 6.92 Å². The number of benzene rings is 1. The number of piperazine rings is 1. The second-order valence-corrected chi connectivity index (χ2v) is 7.32. The smallest absolute Gasteiger partial charge is 0.408 e. The van der Waals surface area contributed by atoms with Crippen LogP contribution in [-0.4, -0.2) is 65.6 Å². The Morgan fingerprint density at radius 3 is 2.59 bits per heavy atom. The third-order valence-corrected chi connectivity index (χ3v) is 5.09. The topological polar surface area (TPSA) is 87.7 Å². The summed E-state index contributed by atoms with van der Waals surface area (Å²) in [5, 5.41) is 0. The van der Waals surface area contributed by atoms with Gasteiger partial charge in [0.1, 0.15) is 24.0 Å². The molecule has 9 nitrogen and oxygen atoms in total. The SMILES string of the molecule is Cc1nc(N(C)C)cc(N2CCN(C(=O)Cn3c(=O)oc4ccccc43)CC2)n1. The van der Waals surface area contributed by atoms with Crippen LogP contribution in [0.5, 0.6) is 0 Å². The number of hydrogen-bond donors (Lipinski definition) is 0. The van der Waals surface area contributed by atoms with Crippen molar-refractivity contribution < 1.29 is 9.21 Å². The van der Waals surface area contributed by atoms with Gasteiger partial charge in [0.25, 0.3) is 0 Å². The van der Waals surface area contributed by atoms with Gasteiger partial charge >= 0.3 is 5.76 Å². The van der Waals surface area contributed by atoms with Crippen LogP contribution in [0.4, 0.5) is 11.6 Å². The van der Waals surface area contributed by atoms with Gasteiger partial charge in [-0.05, 0) is 19.1 Å². The number of carbonyl (C=O) groups excluding carboxylic acids is 1. The quantitative estimate of drug-likeness (QED) is 0.653. The van der Waals surface area contributed by atoms with E-state index in [0.717, 1.165) is 17.5 Å². The number of fused-ring (bicyclic) bond motifs is 1.